The number of hydrogen-bond acceptors (Lipinski definition) is 5. The molecule has 7 nitrogen and oxygen atoms in total. The largest absolute Gasteiger partial charge is 0.480 e. The van der Waals surface area contributed by atoms with Gasteiger partial charge in [-0.1, -0.05) is 59.6 Å². The number of halogens is 2. The van der Waals surface area contributed by atoms with Gasteiger partial charge in [-0.2, -0.15) is 0 Å². The van der Waals surface area contributed by atoms with Crippen molar-refractivity contribution in [2.24, 2.45) is 0 Å². The minimum atomic E-state index is -0.961. The Morgan fingerprint density at radius 1 is 1.21 bits per heavy atom. The van der Waals surface area contributed by atoms with E-state index in [1.165, 1.54) is 0 Å². The van der Waals surface area contributed by atoms with Crippen LogP contribution in [0.5, 0.6) is 0 Å². The van der Waals surface area contributed by atoms with Gasteiger partial charge in [0.1, 0.15) is 6.61 Å². The molecule has 2 aromatic rings. The molecular weight excluding hydrogens is 477 g/mol. The summed E-state index contributed by atoms with van der Waals surface area (Å²) in [5, 5.41) is 13.0. The van der Waals surface area contributed by atoms with Crippen LogP contribution in [0.2, 0.25) is 10.0 Å². The monoisotopic (exact) mass is 507 g/mol. The van der Waals surface area contributed by atoms with Crippen molar-refractivity contribution in [3.8, 4) is 0 Å². The van der Waals surface area contributed by atoms with Gasteiger partial charge in [-0.05, 0) is 36.2 Å². The molecule has 1 saturated heterocycles. The molecule has 2 atom stereocenters. The van der Waals surface area contributed by atoms with Crippen LogP contribution >= 0.6 is 23.2 Å². The van der Waals surface area contributed by atoms with E-state index in [1.54, 1.807) is 12.1 Å². The van der Waals surface area contributed by atoms with Gasteiger partial charge < -0.3 is 20.1 Å². The Labute approximate surface area is 210 Å². The van der Waals surface area contributed by atoms with Gasteiger partial charge in [-0.15, -0.1) is 0 Å². The lowest BCUT2D eigenvalue weighted by Crippen LogP contribution is -2.41. The highest BCUT2D eigenvalue weighted by molar-refractivity contribution is 6.42. The first-order valence-corrected chi connectivity index (χ1v) is 12.1. The number of hydrogen-bond donors (Lipinski definition) is 2. The molecule has 34 heavy (non-hydrogen) atoms. The summed E-state index contributed by atoms with van der Waals surface area (Å²) in [4.78, 5) is 27.9. The number of carboxylic acid groups (broad SMARTS) is 1. The Morgan fingerprint density at radius 3 is 2.68 bits per heavy atom. The van der Waals surface area contributed by atoms with Crippen molar-refractivity contribution in [3.05, 3.63) is 69.7 Å². The first-order valence-electron chi connectivity index (χ1n) is 11.3. The average Bonchev–Trinajstić information content (AvgIpc) is 3.27. The van der Waals surface area contributed by atoms with E-state index in [-0.39, 0.29) is 25.0 Å². The van der Waals surface area contributed by atoms with Crippen molar-refractivity contribution in [3.63, 3.8) is 0 Å². The third-order valence-electron chi connectivity index (χ3n) is 5.99. The minimum Gasteiger partial charge on any atom is -0.480 e. The van der Waals surface area contributed by atoms with Crippen LogP contribution in [0, 0.1) is 0 Å². The SMILES string of the molecule is CN(C(=O)Cc1ccc(Cl)c(Cl)c1)[C@H](CN1CC[C@H](NCCOCC(=O)O)C1)c1ccccc1. The fourth-order valence-corrected chi connectivity index (χ4v) is 4.47. The molecule has 184 valence electrons. The maximum absolute atomic E-state index is 13.2. The predicted octanol–water partition coefficient (Wildman–Crippen LogP) is 3.50. The quantitative estimate of drug-likeness (QED) is 0.428. The number of carboxylic acids is 1. The molecule has 0 aromatic heterocycles. The summed E-state index contributed by atoms with van der Waals surface area (Å²) in [6.45, 7) is 3.20. The zero-order valence-electron chi connectivity index (χ0n) is 19.3. The highest BCUT2D eigenvalue weighted by Crippen LogP contribution is 2.26. The van der Waals surface area contributed by atoms with Crippen LogP contribution < -0.4 is 5.32 Å². The predicted molar refractivity (Wildman–Crippen MR) is 133 cm³/mol. The zero-order valence-corrected chi connectivity index (χ0v) is 20.8. The van der Waals surface area contributed by atoms with E-state index in [2.05, 4.69) is 22.3 Å². The van der Waals surface area contributed by atoms with Crippen LogP contribution in [0.4, 0.5) is 0 Å². The van der Waals surface area contributed by atoms with Gasteiger partial charge in [0.05, 0.1) is 29.1 Å². The molecule has 0 saturated carbocycles. The number of aliphatic carboxylic acids is 1. The van der Waals surface area contributed by atoms with Gasteiger partial charge in [0, 0.05) is 32.7 Å². The lowest BCUT2D eigenvalue weighted by molar-refractivity contribution is -0.142. The topological polar surface area (TPSA) is 82.1 Å². The van der Waals surface area contributed by atoms with Gasteiger partial charge in [-0.25, -0.2) is 4.79 Å². The number of likely N-dealkylation sites (N-methyl/N-ethyl adjacent to an activating group) is 1. The van der Waals surface area contributed by atoms with E-state index in [1.807, 2.05) is 36.2 Å². The number of likely N-dealkylation sites (tertiary alicyclic amines) is 1. The number of carbonyl (C=O) groups is 2. The molecule has 0 bridgehead atoms. The maximum Gasteiger partial charge on any atom is 0.329 e. The van der Waals surface area contributed by atoms with Crippen molar-refractivity contribution < 1.29 is 19.4 Å². The van der Waals surface area contributed by atoms with Crippen molar-refractivity contribution in [1.82, 2.24) is 15.1 Å². The standard InChI is InChI=1S/C25H31Cl2N3O4/c1-29(24(31)14-18-7-8-21(26)22(27)13-18)23(19-5-3-2-4-6-19)16-30-11-9-20(15-30)28-10-12-34-17-25(32)33/h2-8,13,20,23,28H,9-12,14-17H2,1H3,(H,32,33)/t20-,23+/m0/s1. The number of nitrogens with one attached hydrogen (secondary N) is 1. The number of amides is 1. The summed E-state index contributed by atoms with van der Waals surface area (Å²) < 4.78 is 5.09. The number of carbonyl (C=O) groups excluding carboxylic acids is 1. The van der Waals surface area contributed by atoms with Gasteiger partial charge in [0.2, 0.25) is 5.91 Å². The lowest BCUT2D eigenvalue weighted by atomic mass is 10.0. The van der Waals surface area contributed by atoms with Crippen molar-refractivity contribution >= 4 is 35.1 Å². The summed E-state index contributed by atoms with van der Waals surface area (Å²) in [7, 11) is 1.85. The molecular formula is C25H31Cl2N3O4. The fourth-order valence-electron chi connectivity index (χ4n) is 4.15. The number of ether oxygens (including phenoxy) is 1. The summed E-state index contributed by atoms with van der Waals surface area (Å²) in [6.07, 6.45) is 1.23. The van der Waals surface area contributed by atoms with E-state index in [4.69, 9.17) is 33.0 Å². The highest BCUT2D eigenvalue weighted by Gasteiger charge is 2.28. The second-order valence-electron chi connectivity index (χ2n) is 8.50. The number of nitrogens with zero attached hydrogens (tertiary/aromatic N) is 2. The number of benzene rings is 2. The summed E-state index contributed by atoms with van der Waals surface area (Å²) in [6, 6.07) is 15.6. The van der Waals surface area contributed by atoms with Crippen LogP contribution in [0.15, 0.2) is 48.5 Å². The fraction of sp³-hybridized carbons (Fsp3) is 0.440. The summed E-state index contributed by atoms with van der Waals surface area (Å²) in [5.41, 5.74) is 1.92. The van der Waals surface area contributed by atoms with E-state index < -0.39 is 5.97 Å². The molecule has 0 unspecified atom stereocenters. The van der Waals surface area contributed by atoms with E-state index in [0.29, 0.717) is 29.2 Å². The number of rotatable bonds is 12. The van der Waals surface area contributed by atoms with Crippen LogP contribution in [0.3, 0.4) is 0 Å². The van der Waals surface area contributed by atoms with Gasteiger partial charge in [-0.3, -0.25) is 9.69 Å². The Morgan fingerprint density at radius 2 is 1.97 bits per heavy atom. The minimum absolute atomic E-state index is 0.0108. The third-order valence-corrected chi connectivity index (χ3v) is 6.73. The van der Waals surface area contributed by atoms with Crippen molar-refractivity contribution in [1.29, 1.82) is 0 Å². The third kappa shape index (κ3) is 7.96. The van der Waals surface area contributed by atoms with Crippen LogP contribution in [0.1, 0.15) is 23.6 Å². The first-order chi connectivity index (χ1) is 16.3. The Kier molecular flexibility index (Phi) is 10.2. The second-order valence-corrected chi connectivity index (χ2v) is 9.32. The Bertz CT molecular complexity index is 960. The maximum atomic E-state index is 13.2. The van der Waals surface area contributed by atoms with E-state index in [9.17, 15) is 9.59 Å². The van der Waals surface area contributed by atoms with Crippen LogP contribution in [-0.4, -0.2) is 79.3 Å². The van der Waals surface area contributed by atoms with Crippen LogP contribution in [-0.2, 0) is 20.7 Å². The molecule has 2 N–H and O–H groups in total. The normalized spacial score (nSPS) is 17.0. The molecule has 1 aliphatic heterocycles. The van der Waals surface area contributed by atoms with Crippen molar-refractivity contribution in [2.45, 2.75) is 24.9 Å². The second kappa shape index (κ2) is 13.1. The van der Waals surface area contributed by atoms with Gasteiger partial charge in [0.15, 0.2) is 0 Å². The smallest absolute Gasteiger partial charge is 0.329 e. The molecule has 0 radical (unpaired) electrons. The van der Waals surface area contributed by atoms with Crippen molar-refractivity contribution in [2.75, 3.05) is 46.4 Å². The molecule has 0 spiro atoms. The molecule has 1 fully saturated rings. The van der Waals surface area contributed by atoms with Gasteiger partial charge in [0.25, 0.3) is 0 Å². The van der Waals surface area contributed by atoms with E-state index in [0.717, 1.165) is 37.2 Å². The Balaban J connectivity index is 1.59. The highest BCUT2D eigenvalue weighted by atomic mass is 35.5. The zero-order chi connectivity index (χ0) is 24.5. The molecule has 0 aliphatic carbocycles. The van der Waals surface area contributed by atoms with Gasteiger partial charge >= 0.3 is 5.97 Å². The molecule has 1 heterocycles. The Hall–Kier alpha value is -2.16. The molecule has 1 amide bonds. The summed E-state index contributed by atoms with van der Waals surface area (Å²) in [5.74, 6) is -0.950. The lowest BCUT2D eigenvalue weighted by Gasteiger charge is -2.32. The summed E-state index contributed by atoms with van der Waals surface area (Å²) >= 11 is 12.1. The molecule has 9 heteroatoms. The molecule has 2 aromatic carbocycles. The van der Waals surface area contributed by atoms with E-state index >= 15 is 0 Å². The molecule has 1 aliphatic rings. The molecule has 3 rings (SSSR count). The average molecular weight is 508 g/mol. The van der Waals surface area contributed by atoms with Crippen LogP contribution in [0.25, 0.3) is 0 Å². The first kappa shape index (κ1) is 26.4.